The van der Waals surface area contributed by atoms with Crippen LogP contribution in [0.5, 0.6) is 5.75 Å². The Morgan fingerprint density at radius 2 is 1.57 bits per heavy atom. The van der Waals surface area contributed by atoms with Crippen LogP contribution in [-0.4, -0.2) is 62.8 Å². The van der Waals surface area contributed by atoms with Gasteiger partial charge in [0.05, 0.1) is 33.0 Å². The summed E-state index contributed by atoms with van der Waals surface area (Å²) in [5, 5.41) is 8.94. The smallest absolute Gasteiger partial charge is 0.354 e. The summed E-state index contributed by atoms with van der Waals surface area (Å²) < 4.78 is 21.2. The molecule has 0 saturated carbocycles. The number of pyridine rings is 1. The van der Waals surface area contributed by atoms with E-state index >= 15 is 0 Å². The first kappa shape index (κ1) is 21.4. The summed E-state index contributed by atoms with van der Waals surface area (Å²) in [6, 6.07) is 10.4. The molecule has 0 saturated heterocycles. The molecule has 2 aromatic rings. The van der Waals surface area contributed by atoms with Crippen LogP contribution in [0.15, 0.2) is 42.6 Å². The highest BCUT2D eigenvalue weighted by Gasteiger charge is 2.03. The number of aromatic nitrogens is 1. The predicted octanol–water partition coefficient (Wildman–Crippen LogP) is 2.24. The van der Waals surface area contributed by atoms with Gasteiger partial charge in [0, 0.05) is 24.4 Å². The fourth-order valence-electron chi connectivity index (χ4n) is 2.09. The van der Waals surface area contributed by atoms with E-state index in [1.807, 2.05) is 24.3 Å². The summed E-state index contributed by atoms with van der Waals surface area (Å²) in [5.74, 6) is 5.56. The second kappa shape index (κ2) is 12.5. The Morgan fingerprint density at radius 3 is 2.25 bits per heavy atom. The standard InChI is InChI=1S/C21H23NO6/c1-25-10-11-26-12-13-27-14-15-28-19-6-4-17(5-7-19)2-3-18-8-9-22-20(16-18)21(23)24/h4-9,16H,10-15H2,1H3,(H,23,24). The van der Waals surface area contributed by atoms with Gasteiger partial charge in [0.15, 0.2) is 0 Å². The summed E-state index contributed by atoms with van der Waals surface area (Å²) in [7, 11) is 1.63. The minimum absolute atomic E-state index is 0.0284. The number of aromatic carboxylic acids is 1. The summed E-state index contributed by atoms with van der Waals surface area (Å²) in [4.78, 5) is 14.7. The van der Waals surface area contributed by atoms with Gasteiger partial charge in [-0.3, -0.25) is 0 Å². The molecule has 0 aliphatic rings. The van der Waals surface area contributed by atoms with Crippen molar-refractivity contribution in [2.24, 2.45) is 0 Å². The monoisotopic (exact) mass is 385 g/mol. The van der Waals surface area contributed by atoms with E-state index in [0.717, 1.165) is 11.3 Å². The zero-order chi connectivity index (χ0) is 20.0. The highest BCUT2D eigenvalue weighted by atomic mass is 16.6. The molecule has 0 aliphatic carbocycles. The molecule has 28 heavy (non-hydrogen) atoms. The minimum atomic E-state index is -1.08. The molecule has 7 heteroatoms. The number of methoxy groups -OCH3 is 1. The molecular weight excluding hydrogens is 362 g/mol. The van der Waals surface area contributed by atoms with Gasteiger partial charge in [-0.05, 0) is 36.4 Å². The zero-order valence-corrected chi connectivity index (χ0v) is 15.7. The summed E-state index contributed by atoms with van der Waals surface area (Å²) in [6.07, 6.45) is 1.43. The van der Waals surface area contributed by atoms with Gasteiger partial charge in [-0.2, -0.15) is 0 Å². The Labute approximate surface area is 164 Å². The van der Waals surface area contributed by atoms with Crippen LogP contribution < -0.4 is 4.74 Å². The van der Waals surface area contributed by atoms with Crippen molar-refractivity contribution in [3.05, 3.63) is 59.4 Å². The number of benzene rings is 1. The first-order valence-corrected chi connectivity index (χ1v) is 8.77. The number of carboxylic acid groups (broad SMARTS) is 1. The molecule has 0 fully saturated rings. The maximum atomic E-state index is 10.9. The van der Waals surface area contributed by atoms with Crippen LogP contribution in [0.4, 0.5) is 0 Å². The molecular formula is C21H23NO6. The molecule has 0 unspecified atom stereocenters. The van der Waals surface area contributed by atoms with Gasteiger partial charge in [0.1, 0.15) is 18.1 Å². The first-order chi connectivity index (χ1) is 13.7. The second-order valence-corrected chi connectivity index (χ2v) is 5.58. The van der Waals surface area contributed by atoms with Crippen LogP contribution in [0, 0.1) is 11.8 Å². The van der Waals surface area contributed by atoms with Crippen LogP contribution in [0.3, 0.4) is 0 Å². The lowest BCUT2D eigenvalue weighted by Crippen LogP contribution is -2.12. The molecule has 1 aromatic carbocycles. The first-order valence-electron chi connectivity index (χ1n) is 8.77. The van der Waals surface area contributed by atoms with Gasteiger partial charge in [0.2, 0.25) is 0 Å². The molecule has 0 spiro atoms. The maximum Gasteiger partial charge on any atom is 0.354 e. The van der Waals surface area contributed by atoms with Gasteiger partial charge in [-0.1, -0.05) is 11.8 Å². The summed E-state index contributed by atoms with van der Waals surface area (Å²) in [6.45, 7) is 3.10. The summed E-state index contributed by atoms with van der Waals surface area (Å²) >= 11 is 0. The molecule has 0 radical (unpaired) electrons. The Kier molecular flexibility index (Phi) is 9.52. The lowest BCUT2D eigenvalue weighted by atomic mass is 10.2. The third-order valence-corrected chi connectivity index (χ3v) is 3.48. The van der Waals surface area contributed by atoms with Crippen molar-refractivity contribution in [2.45, 2.75) is 0 Å². The molecule has 1 aromatic heterocycles. The van der Waals surface area contributed by atoms with Crippen LogP contribution in [0.25, 0.3) is 0 Å². The third kappa shape index (κ3) is 8.18. The number of nitrogens with zero attached hydrogens (tertiary/aromatic N) is 1. The fraction of sp³-hybridized carbons (Fsp3) is 0.333. The molecule has 2 rings (SSSR count). The fourth-order valence-corrected chi connectivity index (χ4v) is 2.09. The van der Waals surface area contributed by atoms with Crippen LogP contribution in [0.1, 0.15) is 21.6 Å². The predicted molar refractivity (Wildman–Crippen MR) is 103 cm³/mol. The van der Waals surface area contributed by atoms with Gasteiger partial charge in [-0.15, -0.1) is 0 Å². The normalized spacial score (nSPS) is 10.2. The van der Waals surface area contributed by atoms with Gasteiger partial charge in [0.25, 0.3) is 0 Å². The van der Waals surface area contributed by atoms with Crippen molar-refractivity contribution < 1.29 is 28.8 Å². The maximum absolute atomic E-state index is 10.9. The Balaban J connectivity index is 1.71. The van der Waals surface area contributed by atoms with Crippen molar-refractivity contribution in [3.8, 4) is 17.6 Å². The Morgan fingerprint density at radius 1 is 0.929 bits per heavy atom. The van der Waals surface area contributed by atoms with Crippen molar-refractivity contribution in [1.82, 2.24) is 4.98 Å². The lowest BCUT2D eigenvalue weighted by molar-refractivity contribution is 0.0180. The van der Waals surface area contributed by atoms with Gasteiger partial charge in [-0.25, -0.2) is 9.78 Å². The molecule has 0 amide bonds. The van der Waals surface area contributed by atoms with E-state index in [9.17, 15) is 4.79 Å². The average Bonchev–Trinajstić information content (AvgIpc) is 2.72. The number of ether oxygens (including phenoxy) is 4. The lowest BCUT2D eigenvalue weighted by Gasteiger charge is -2.07. The average molecular weight is 385 g/mol. The van der Waals surface area contributed by atoms with Crippen LogP contribution in [-0.2, 0) is 14.2 Å². The number of hydrogen-bond acceptors (Lipinski definition) is 6. The van der Waals surface area contributed by atoms with Crippen LogP contribution >= 0.6 is 0 Å². The topological polar surface area (TPSA) is 87.1 Å². The number of hydrogen-bond donors (Lipinski definition) is 1. The van der Waals surface area contributed by atoms with E-state index < -0.39 is 5.97 Å². The van der Waals surface area contributed by atoms with E-state index in [1.54, 1.807) is 13.2 Å². The highest BCUT2D eigenvalue weighted by molar-refractivity contribution is 5.85. The molecule has 0 aliphatic heterocycles. The minimum Gasteiger partial charge on any atom is -0.491 e. The quantitative estimate of drug-likeness (QED) is 0.469. The van der Waals surface area contributed by atoms with E-state index in [2.05, 4.69) is 16.8 Å². The number of rotatable bonds is 11. The second-order valence-electron chi connectivity index (χ2n) is 5.58. The molecule has 1 heterocycles. The van der Waals surface area contributed by atoms with Crippen molar-refractivity contribution in [1.29, 1.82) is 0 Å². The van der Waals surface area contributed by atoms with Gasteiger partial charge < -0.3 is 24.1 Å². The largest absolute Gasteiger partial charge is 0.491 e. The van der Waals surface area contributed by atoms with E-state index in [1.165, 1.54) is 12.3 Å². The summed E-state index contributed by atoms with van der Waals surface area (Å²) in [5.41, 5.74) is 1.36. The molecule has 0 bridgehead atoms. The van der Waals surface area contributed by atoms with Gasteiger partial charge >= 0.3 is 5.97 Å². The Bertz CT molecular complexity index is 795. The van der Waals surface area contributed by atoms with Crippen LogP contribution in [0.2, 0.25) is 0 Å². The molecule has 0 atom stereocenters. The number of carbonyl (C=O) groups is 1. The van der Waals surface area contributed by atoms with E-state index in [0.29, 0.717) is 45.2 Å². The van der Waals surface area contributed by atoms with Crippen molar-refractivity contribution >= 4 is 5.97 Å². The van der Waals surface area contributed by atoms with Crippen molar-refractivity contribution in [2.75, 3.05) is 46.8 Å². The number of carboxylic acids is 1. The van der Waals surface area contributed by atoms with E-state index in [-0.39, 0.29) is 5.69 Å². The SMILES string of the molecule is COCCOCCOCCOc1ccc(C#Cc2ccnc(C(=O)O)c2)cc1. The zero-order valence-electron chi connectivity index (χ0n) is 15.7. The van der Waals surface area contributed by atoms with E-state index in [4.69, 9.17) is 24.1 Å². The van der Waals surface area contributed by atoms with Crippen molar-refractivity contribution in [3.63, 3.8) is 0 Å². The highest BCUT2D eigenvalue weighted by Crippen LogP contribution is 2.11. The third-order valence-electron chi connectivity index (χ3n) is 3.48. The Hall–Kier alpha value is -2.92. The molecule has 7 nitrogen and oxygen atoms in total. The molecule has 1 N–H and O–H groups in total. The molecule has 148 valence electrons.